The molecule has 0 radical (unpaired) electrons. The van der Waals surface area contributed by atoms with Crippen LogP contribution in [0.2, 0.25) is 0 Å². The Morgan fingerprint density at radius 1 is 1.40 bits per heavy atom. The molecule has 0 aliphatic carbocycles. The van der Waals surface area contributed by atoms with Gasteiger partial charge in [0.25, 0.3) is 0 Å². The molecule has 2 rings (SSSR count). The van der Waals surface area contributed by atoms with Gasteiger partial charge in [0.2, 0.25) is 0 Å². The van der Waals surface area contributed by atoms with Crippen LogP contribution in [0.25, 0.3) is 10.9 Å². The Morgan fingerprint density at radius 2 is 2.20 bits per heavy atom. The molecule has 0 saturated heterocycles. The van der Waals surface area contributed by atoms with Crippen molar-refractivity contribution in [2.75, 3.05) is 0 Å². The Labute approximate surface area is 88.0 Å². The largest absolute Gasteiger partial charge is 0.392 e. The normalized spacial score (nSPS) is 12.5. The quantitative estimate of drug-likeness (QED) is 0.795. The molecule has 1 aromatic heterocycles. The molecular weight excluding hydrogens is 188 g/mol. The summed E-state index contributed by atoms with van der Waals surface area (Å²) < 4.78 is 0. The van der Waals surface area contributed by atoms with Crippen LogP contribution >= 0.6 is 0 Å². The highest BCUT2D eigenvalue weighted by atomic mass is 16.3. The molecule has 1 aromatic carbocycles. The molecule has 3 nitrogen and oxygen atoms in total. The third-order valence-electron chi connectivity index (χ3n) is 2.37. The first-order valence-electron chi connectivity index (χ1n) is 4.91. The number of nitrogens with zero attached hydrogens (tertiary/aromatic N) is 1. The lowest BCUT2D eigenvalue weighted by Gasteiger charge is -2.02. The molecular formula is C12H12N2O. The maximum atomic E-state index is 9.49. The van der Waals surface area contributed by atoms with Crippen LogP contribution in [-0.4, -0.2) is 16.2 Å². The van der Waals surface area contributed by atoms with Crippen LogP contribution < -0.4 is 0 Å². The van der Waals surface area contributed by atoms with Crippen molar-refractivity contribution >= 4 is 10.9 Å². The first-order chi connectivity index (χ1) is 7.29. The average Bonchev–Trinajstić information content (AvgIpc) is 2.59. The number of aliphatic hydroxyl groups is 1. The molecule has 0 aliphatic rings. The summed E-state index contributed by atoms with van der Waals surface area (Å²) in [5.74, 6) is 0. The van der Waals surface area contributed by atoms with E-state index in [1.54, 1.807) is 0 Å². The van der Waals surface area contributed by atoms with E-state index in [1.165, 1.54) is 0 Å². The smallest absolute Gasteiger partial charge is 0.0724 e. The van der Waals surface area contributed by atoms with Gasteiger partial charge >= 0.3 is 0 Å². The van der Waals surface area contributed by atoms with E-state index in [4.69, 9.17) is 5.26 Å². The molecule has 15 heavy (non-hydrogen) atoms. The van der Waals surface area contributed by atoms with Crippen LogP contribution in [0.3, 0.4) is 0 Å². The van der Waals surface area contributed by atoms with E-state index in [2.05, 4.69) is 4.98 Å². The summed E-state index contributed by atoms with van der Waals surface area (Å²) in [5.41, 5.74) is 2.04. The van der Waals surface area contributed by atoms with Crippen LogP contribution in [0.5, 0.6) is 0 Å². The summed E-state index contributed by atoms with van der Waals surface area (Å²) in [6, 6.07) is 11.9. The number of fused-ring (bicyclic) bond motifs is 1. The zero-order valence-corrected chi connectivity index (χ0v) is 8.27. The maximum absolute atomic E-state index is 9.49. The number of nitriles is 1. The van der Waals surface area contributed by atoms with E-state index < -0.39 is 6.10 Å². The van der Waals surface area contributed by atoms with E-state index in [0.717, 1.165) is 16.6 Å². The van der Waals surface area contributed by atoms with Crippen molar-refractivity contribution in [1.82, 2.24) is 4.98 Å². The van der Waals surface area contributed by atoms with Gasteiger partial charge in [0.05, 0.1) is 18.6 Å². The summed E-state index contributed by atoms with van der Waals surface area (Å²) in [6.07, 6.45) is 0.0977. The fourth-order valence-corrected chi connectivity index (χ4v) is 1.67. The third-order valence-corrected chi connectivity index (χ3v) is 2.37. The molecule has 76 valence electrons. The van der Waals surface area contributed by atoms with Crippen molar-refractivity contribution < 1.29 is 5.11 Å². The minimum atomic E-state index is -0.580. The number of aliphatic hydroxyl groups excluding tert-OH is 1. The van der Waals surface area contributed by atoms with Gasteiger partial charge in [-0.25, -0.2) is 0 Å². The highest BCUT2D eigenvalue weighted by molar-refractivity contribution is 5.80. The van der Waals surface area contributed by atoms with Crippen LogP contribution in [0, 0.1) is 11.3 Å². The van der Waals surface area contributed by atoms with Gasteiger partial charge in [-0.15, -0.1) is 0 Å². The van der Waals surface area contributed by atoms with Gasteiger partial charge < -0.3 is 10.1 Å². The van der Waals surface area contributed by atoms with Gasteiger partial charge in [0, 0.05) is 17.6 Å². The van der Waals surface area contributed by atoms with Crippen molar-refractivity contribution in [2.24, 2.45) is 0 Å². The fourth-order valence-electron chi connectivity index (χ4n) is 1.67. The average molecular weight is 200 g/mol. The van der Waals surface area contributed by atoms with E-state index in [-0.39, 0.29) is 6.42 Å². The molecule has 2 N–H and O–H groups in total. The Morgan fingerprint density at radius 3 is 2.93 bits per heavy atom. The van der Waals surface area contributed by atoms with E-state index in [0.29, 0.717) is 6.42 Å². The van der Waals surface area contributed by atoms with E-state index >= 15 is 0 Å². The molecule has 0 aliphatic heterocycles. The number of rotatable bonds is 3. The summed E-state index contributed by atoms with van der Waals surface area (Å²) >= 11 is 0. The number of aromatic nitrogens is 1. The van der Waals surface area contributed by atoms with Gasteiger partial charge in [-0.1, -0.05) is 18.2 Å². The van der Waals surface area contributed by atoms with Crippen molar-refractivity contribution in [2.45, 2.75) is 18.9 Å². The second-order valence-corrected chi connectivity index (χ2v) is 3.60. The summed E-state index contributed by atoms with van der Waals surface area (Å²) in [5, 5.41) is 19.1. The molecule has 1 atom stereocenters. The molecule has 0 saturated carbocycles. The predicted molar refractivity (Wildman–Crippen MR) is 58.2 cm³/mol. The maximum Gasteiger partial charge on any atom is 0.0724 e. The predicted octanol–water partition coefficient (Wildman–Crippen LogP) is 1.98. The molecule has 3 heteroatoms. The van der Waals surface area contributed by atoms with Crippen molar-refractivity contribution in [3.63, 3.8) is 0 Å². The molecule has 1 heterocycles. The van der Waals surface area contributed by atoms with Crippen LogP contribution in [0.4, 0.5) is 0 Å². The van der Waals surface area contributed by atoms with E-state index in [1.807, 2.05) is 36.4 Å². The minimum absolute atomic E-state index is 0.176. The van der Waals surface area contributed by atoms with Gasteiger partial charge in [-0.2, -0.15) is 5.26 Å². The number of hydrogen-bond donors (Lipinski definition) is 2. The van der Waals surface area contributed by atoms with Crippen molar-refractivity contribution in [3.8, 4) is 6.07 Å². The topological polar surface area (TPSA) is 59.8 Å². The van der Waals surface area contributed by atoms with Gasteiger partial charge in [-0.05, 0) is 17.5 Å². The molecule has 0 bridgehead atoms. The molecule has 0 amide bonds. The van der Waals surface area contributed by atoms with Crippen molar-refractivity contribution in [1.29, 1.82) is 5.26 Å². The Kier molecular flexibility index (Phi) is 2.70. The number of para-hydroxylation sites is 1. The highest BCUT2D eigenvalue weighted by Crippen LogP contribution is 2.16. The summed E-state index contributed by atoms with van der Waals surface area (Å²) in [6.45, 7) is 0. The fraction of sp³-hybridized carbons (Fsp3) is 0.250. The lowest BCUT2D eigenvalue weighted by molar-refractivity contribution is 0.179. The summed E-state index contributed by atoms with van der Waals surface area (Å²) in [4.78, 5) is 3.22. The third kappa shape index (κ3) is 2.17. The number of hydrogen-bond acceptors (Lipinski definition) is 2. The Balaban J connectivity index is 2.19. The second kappa shape index (κ2) is 4.16. The van der Waals surface area contributed by atoms with Gasteiger partial charge in [0.1, 0.15) is 0 Å². The summed E-state index contributed by atoms with van der Waals surface area (Å²) in [7, 11) is 0. The first kappa shape index (κ1) is 9.75. The minimum Gasteiger partial charge on any atom is -0.392 e. The number of benzene rings is 1. The molecule has 0 spiro atoms. The Bertz CT molecular complexity index is 463. The first-order valence-corrected chi connectivity index (χ1v) is 4.91. The SMILES string of the molecule is N#CCC(O)Cc1cc2ccccc2[nH]1. The standard InChI is InChI=1S/C12H12N2O/c13-6-5-11(15)8-10-7-9-3-1-2-4-12(9)14-10/h1-4,7,11,14-15H,5,8H2. The van der Waals surface area contributed by atoms with Crippen molar-refractivity contribution in [3.05, 3.63) is 36.0 Å². The molecule has 0 fully saturated rings. The van der Waals surface area contributed by atoms with E-state index in [9.17, 15) is 5.11 Å². The lowest BCUT2D eigenvalue weighted by Crippen LogP contribution is -2.09. The zero-order valence-electron chi connectivity index (χ0n) is 8.27. The lowest BCUT2D eigenvalue weighted by atomic mass is 10.1. The highest BCUT2D eigenvalue weighted by Gasteiger charge is 2.07. The number of aromatic amines is 1. The molecule has 2 aromatic rings. The zero-order chi connectivity index (χ0) is 10.7. The van der Waals surface area contributed by atoms with Gasteiger partial charge in [0.15, 0.2) is 0 Å². The number of H-pyrrole nitrogens is 1. The monoisotopic (exact) mass is 200 g/mol. The van der Waals surface area contributed by atoms with Crippen LogP contribution in [-0.2, 0) is 6.42 Å². The van der Waals surface area contributed by atoms with Crippen LogP contribution in [0.15, 0.2) is 30.3 Å². The second-order valence-electron chi connectivity index (χ2n) is 3.60. The Hall–Kier alpha value is -1.79. The van der Waals surface area contributed by atoms with Gasteiger partial charge in [-0.3, -0.25) is 0 Å². The molecule has 1 unspecified atom stereocenters. The van der Waals surface area contributed by atoms with Crippen LogP contribution in [0.1, 0.15) is 12.1 Å². The number of nitrogens with one attached hydrogen (secondary N) is 1.